The van der Waals surface area contributed by atoms with Crippen molar-refractivity contribution in [3.05, 3.63) is 46.0 Å². The standard InChI is InChI=1S/C15H21N3S/c1-4-7-13-15(19-18-17-13)14(16-5-2)12-9-6-8-11(3)10-12/h6,8-10,14,16H,4-5,7H2,1-3H3. The topological polar surface area (TPSA) is 37.8 Å². The molecular weight excluding hydrogens is 254 g/mol. The Morgan fingerprint density at radius 2 is 2.16 bits per heavy atom. The monoisotopic (exact) mass is 275 g/mol. The maximum Gasteiger partial charge on any atom is 0.0807 e. The Balaban J connectivity index is 2.36. The zero-order chi connectivity index (χ0) is 13.7. The van der Waals surface area contributed by atoms with Gasteiger partial charge in [-0.1, -0.05) is 54.6 Å². The third-order valence-electron chi connectivity index (χ3n) is 3.12. The third kappa shape index (κ3) is 3.39. The molecule has 1 N–H and O–H groups in total. The second-order valence-corrected chi connectivity index (χ2v) is 5.52. The SMILES string of the molecule is CCCc1nnsc1C(NCC)c1cccc(C)c1. The maximum atomic E-state index is 4.29. The summed E-state index contributed by atoms with van der Waals surface area (Å²) >= 11 is 1.51. The molecule has 0 amide bonds. The molecule has 1 aromatic heterocycles. The van der Waals surface area contributed by atoms with Crippen molar-refractivity contribution in [2.75, 3.05) is 6.54 Å². The Bertz CT molecular complexity index is 522. The molecule has 0 fully saturated rings. The van der Waals surface area contributed by atoms with Crippen LogP contribution in [0.25, 0.3) is 0 Å². The van der Waals surface area contributed by atoms with E-state index >= 15 is 0 Å². The molecule has 3 nitrogen and oxygen atoms in total. The van der Waals surface area contributed by atoms with Crippen LogP contribution in [0.4, 0.5) is 0 Å². The van der Waals surface area contributed by atoms with Gasteiger partial charge in [-0.05, 0) is 37.0 Å². The van der Waals surface area contributed by atoms with Crippen LogP contribution in [0, 0.1) is 6.92 Å². The van der Waals surface area contributed by atoms with Crippen molar-refractivity contribution in [1.29, 1.82) is 0 Å². The lowest BCUT2D eigenvalue weighted by Crippen LogP contribution is -2.22. The van der Waals surface area contributed by atoms with Gasteiger partial charge in [0.05, 0.1) is 16.6 Å². The second-order valence-electron chi connectivity index (χ2n) is 4.74. The normalized spacial score (nSPS) is 12.6. The molecule has 0 radical (unpaired) electrons. The molecule has 0 saturated carbocycles. The van der Waals surface area contributed by atoms with E-state index < -0.39 is 0 Å². The Morgan fingerprint density at radius 1 is 1.32 bits per heavy atom. The second kappa shape index (κ2) is 6.78. The zero-order valence-corrected chi connectivity index (χ0v) is 12.6. The van der Waals surface area contributed by atoms with Crippen LogP contribution in [0.15, 0.2) is 24.3 Å². The number of nitrogens with zero attached hydrogens (tertiary/aromatic N) is 2. The maximum absolute atomic E-state index is 4.29. The molecule has 0 aliphatic heterocycles. The molecule has 1 aromatic carbocycles. The van der Waals surface area contributed by atoms with Gasteiger partial charge in [-0.2, -0.15) is 0 Å². The van der Waals surface area contributed by atoms with E-state index in [-0.39, 0.29) is 6.04 Å². The number of hydrogen-bond acceptors (Lipinski definition) is 4. The Labute approximate surface area is 119 Å². The van der Waals surface area contributed by atoms with Gasteiger partial charge in [0, 0.05) is 0 Å². The van der Waals surface area contributed by atoms with E-state index in [1.165, 1.54) is 27.5 Å². The predicted molar refractivity (Wildman–Crippen MR) is 80.6 cm³/mol. The van der Waals surface area contributed by atoms with Gasteiger partial charge in [0.1, 0.15) is 0 Å². The van der Waals surface area contributed by atoms with E-state index in [2.05, 4.69) is 59.9 Å². The van der Waals surface area contributed by atoms with Crippen molar-refractivity contribution >= 4 is 11.5 Å². The number of benzene rings is 1. The van der Waals surface area contributed by atoms with E-state index in [1.54, 1.807) is 0 Å². The summed E-state index contributed by atoms with van der Waals surface area (Å²) in [6, 6.07) is 8.87. The van der Waals surface area contributed by atoms with E-state index in [1.807, 2.05) is 0 Å². The Hall–Kier alpha value is -1.26. The van der Waals surface area contributed by atoms with Gasteiger partial charge in [0.15, 0.2) is 0 Å². The van der Waals surface area contributed by atoms with Crippen molar-refractivity contribution in [3.8, 4) is 0 Å². The van der Waals surface area contributed by atoms with Crippen LogP contribution in [0.5, 0.6) is 0 Å². The van der Waals surface area contributed by atoms with Crippen molar-refractivity contribution in [1.82, 2.24) is 14.9 Å². The van der Waals surface area contributed by atoms with Crippen LogP contribution in [0.1, 0.15) is 48.0 Å². The van der Waals surface area contributed by atoms with Gasteiger partial charge in [0.2, 0.25) is 0 Å². The van der Waals surface area contributed by atoms with Crippen LogP contribution in [-0.2, 0) is 6.42 Å². The van der Waals surface area contributed by atoms with Gasteiger partial charge in [-0.3, -0.25) is 0 Å². The molecule has 0 aliphatic rings. The largest absolute Gasteiger partial charge is 0.306 e. The first-order valence-electron chi connectivity index (χ1n) is 6.87. The molecular formula is C15H21N3S. The highest BCUT2D eigenvalue weighted by molar-refractivity contribution is 7.05. The quantitative estimate of drug-likeness (QED) is 0.877. The van der Waals surface area contributed by atoms with Crippen LogP contribution in [-0.4, -0.2) is 16.1 Å². The lowest BCUT2D eigenvalue weighted by molar-refractivity contribution is 0.630. The fourth-order valence-corrected chi connectivity index (χ4v) is 3.06. The summed E-state index contributed by atoms with van der Waals surface area (Å²) in [7, 11) is 0. The molecule has 0 saturated heterocycles. The van der Waals surface area contributed by atoms with E-state index in [0.29, 0.717) is 0 Å². The number of hydrogen-bond donors (Lipinski definition) is 1. The van der Waals surface area contributed by atoms with Crippen molar-refractivity contribution < 1.29 is 0 Å². The van der Waals surface area contributed by atoms with Gasteiger partial charge in [-0.15, -0.1) is 5.10 Å². The number of aromatic nitrogens is 2. The van der Waals surface area contributed by atoms with E-state index in [0.717, 1.165) is 25.1 Å². The lowest BCUT2D eigenvalue weighted by Gasteiger charge is -2.18. The fraction of sp³-hybridized carbons (Fsp3) is 0.467. The Morgan fingerprint density at radius 3 is 2.84 bits per heavy atom. The van der Waals surface area contributed by atoms with Gasteiger partial charge in [0.25, 0.3) is 0 Å². The molecule has 0 spiro atoms. The van der Waals surface area contributed by atoms with Crippen LogP contribution >= 0.6 is 11.5 Å². The molecule has 1 atom stereocenters. The van der Waals surface area contributed by atoms with Crippen molar-refractivity contribution in [3.63, 3.8) is 0 Å². The molecule has 19 heavy (non-hydrogen) atoms. The molecule has 2 rings (SSSR count). The third-order valence-corrected chi connectivity index (χ3v) is 3.95. The van der Waals surface area contributed by atoms with Crippen molar-refractivity contribution in [2.24, 2.45) is 0 Å². The Kier molecular flexibility index (Phi) is 5.05. The van der Waals surface area contributed by atoms with E-state index in [4.69, 9.17) is 0 Å². The summed E-state index contributed by atoms with van der Waals surface area (Å²) in [4.78, 5) is 1.26. The summed E-state index contributed by atoms with van der Waals surface area (Å²) in [6.45, 7) is 7.38. The van der Waals surface area contributed by atoms with Gasteiger partial charge < -0.3 is 5.32 Å². The van der Waals surface area contributed by atoms with Crippen LogP contribution < -0.4 is 5.32 Å². The van der Waals surface area contributed by atoms with Gasteiger partial charge >= 0.3 is 0 Å². The number of aryl methyl sites for hydroxylation is 2. The average Bonchev–Trinajstić information content (AvgIpc) is 2.84. The lowest BCUT2D eigenvalue weighted by atomic mass is 10.0. The predicted octanol–water partition coefficient (Wildman–Crippen LogP) is 3.50. The average molecular weight is 275 g/mol. The highest BCUT2D eigenvalue weighted by atomic mass is 32.1. The smallest absolute Gasteiger partial charge is 0.0807 e. The molecule has 1 unspecified atom stereocenters. The highest BCUT2D eigenvalue weighted by Crippen LogP contribution is 2.28. The molecule has 102 valence electrons. The minimum absolute atomic E-state index is 0.214. The minimum Gasteiger partial charge on any atom is -0.306 e. The molecule has 1 heterocycles. The fourth-order valence-electron chi connectivity index (χ4n) is 2.26. The highest BCUT2D eigenvalue weighted by Gasteiger charge is 2.19. The summed E-state index contributed by atoms with van der Waals surface area (Å²) in [5.41, 5.74) is 3.72. The molecule has 0 bridgehead atoms. The van der Waals surface area contributed by atoms with Crippen LogP contribution in [0.3, 0.4) is 0 Å². The number of nitrogens with one attached hydrogen (secondary N) is 1. The minimum atomic E-state index is 0.214. The molecule has 0 aliphatic carbocycles. The molecule has 4 heteroatoms. The number of rotatable bonds is 6. The summed E-state index contributed by atoms with van der Waals surface area (Å²) in [5, 5.41) is 7.84. The zero-order valence-electron chi connectivity index (χ0n) is 11.8. The summed E-state index contributed by atoms with van der Waals surface area (Å²) in [5.74, 6) is 0. The van der Waals surface area contributed by atoms with Crippen molar-refractivity contribution in [2.45, 2.75) is 39.7 Å². The summed E-state index contributed by atoms with van der Waals surface area (Å²) in [6.07, 6.45) is 2.10. The first kappa shape index (κ1) is 14.2. The van der Waals surface area contributed by atoms with Crippen LogP contribution in [0.2, 0.25) is 0 Å². The summed E-state index contributed by atoms with van der Waals surface area (Å²) < 4.78 is 4.14. The molecule has 2 aromatic rings. The van der Waals surface area contributed by atoms with Gasteiger partial charge in [-0.25, -0.2) is 0 Å². The first-order chi connectivity index (χ1) is 9.26. The van der Waals surface area contributed by atoms with E-state index in [9.17, 15) is 0 Å². The first-order valence-corrected chi connectivity index (χ1v) is 7.64.